The fourth-order valence-electron chi connectivity index (χ4n) is 3.48. The molecule has 0 spiro atoms. The molecule has 1 aliphatic rings. The average molecular weight is 461 g/mol. The van der Waals surface area contributed by atoms with Gasteiger partial charge in [0.15, 0.2) is 5.78 Å². The molecular formula is C23H20N6OS2. The highest BCUT2D eigenvalue weighted by Crippen LogP contribution is 2.39. The Kier molecular flexibility index (Phi) is 5.83. The van der Waals surface area contributed by atoms with E-state index in [1.807, 2.05) is 18.2 Å². The van der Waals surface area contributed by atoms with Crippen molar-refractivity contribution in [2.24, 2.45) is 20.5 Å². The van der Waals surface area contributed by atoms with Crippen LogP contribution in [0.25, 0.3) is 9.53 Å². The van der Waals surface area contributed by atoms with Gasteiger partial charge in [-0.15, -0.1) is 20.5 Å². The van der Waals surface area contributed by atoms with E-state index in [2.05, 4.69) is 42.5 Å². The number of fused-ring (bicyclic) bond motifs is 1. The summed E-state index contributed by atoms with van der Waals surface area (Å²) in [5, 5.41) is 18.6. The summed E-state index contributed by atoms with van der Waals surface area (Å²) in [6.07, 6.45) is 2.53. The minimum Gasteiger partial charge on any atom is -0.372 e. The van der Waals surface area contributed by atoms with Gasteiger partial charge in [-0.25, -0.2) is 4.98 Å². The molecule has 0 radical (unpaired) electrons. The summed E-state index contributed by atoms with van der Waals surface area (Å²) in [7, 11) is 0. The molecule has 0 aliphatic carbocycles. The van der Waals surface area contributed by atoms with Gasteiger partial charge >= 0.3 is 0 Å². The monoisotopic (exact) mass is 460 g/mol. The van der Waals surface area contributed by atoms with Gasteiger partial charge in [0.1, 0.15) is 9.83 Å². The Labute approximate surface area is 193 Å². The number of thiophene rings is 1. The zero-order valence-corrected chi connectivity index (χ0v) is 19.1. The molecule has 3 heterocycles. The molecule has 2 aromatic carbocycles. The molecule has 1 saturated heterocycles. The quantitative estimate of drug-likeness (QED) is 0.216. The maximum atomic E-state index is 11.3. The minimum atomic E-state index is 0.0325. The van der Waals surface area contributed by atoms with Crippen LogP contribution in [0.2, 0.25) is 0 Å². The minimum absolute atomic E-state index is 0.0325. The lowest BCUT2D eigenvalue weighted by Gasteiger charge is -2.17. The van der Waals surface area contributed by atoms with Crippen molar-refractivity contribution in [3.05, 3.63) is 60.2 Å². The molecule has 1 aliphatic heterocycles. The Morgan fingerprint density at radius 1 is 0.875 bits per heavy atom. The van der Waals surface area contributed by atoms with Crippen LogP contribution in [0.15, 0.2) is 75.1 Å². The highest BCUT2D eigenvalue weighted by Gasteiger charge is 2.12. The van der Waals surface area contributed by atoms with E-state index in [1.54, 1.807) is 31.2 Å². The average Bonchev–Trinajstić information content (AvgIpc) is 3.54. The highest BCUT2D eigenvalue weighted by molar-refractivity contribution is 7.30. The number of rotatable bonds is 6. The number of thiazole rings is 1. The van der Waals surface area contributed by atoms with E-state index < -0.39 is 0 Å². The molecule has 4 aromatic rings. The first-order valence-electron chi connectivity index (χ1n) is 10.3. The van der Waals surface area contributed by atoms with Gasteiger partial charge in [0, 0.05) is 24.3 Å². The number of nitrogens with zero attached hydrogens (tertiary/aromatic N) is 6. The highest BCUT2D eigenvalue weighted by atomic mass is 32.1. The summed E-state index contributed by atoms with van der Waals surface area (Å²) in [6, 6.07) is 17.2. The first kappa shape index (κ1) is 20.6. The number of hydrogen-bond donors (Lipinski definition) is 0. The molecule has 32 heavy (non-hydrogen) atoms. The van der Waals surface area contributed by atoms with Gasteiger partial charge < -0.3 is 4.90 Å². The zero-order chi connectivity index (χ0) is 21.9. The molecule has 160 valence electrons. The number of ketones is 1. The summed E-state index contributed by atoms with van der Waals surface area (Å²) in [6.45, 7) is 3.80. The van der Waals surface area contributed by atoms with Crippen molar-refractivity contribution in [2.45, 2.75) is 19.8 Å². The Balaban J connectivity index is 1.25. The number of carbonyl (C=O) groups is 1. The molecule has 0 unspecified atom stereocenters. The Morgan fingerprint density at radius 2 is 1.53 bits per heavy atom. The van der Waals surface area contributed by atoms with Crippen molar-refractivity contribution in [3.8, 4) is 0 Å². The van der Waals surface area contributed by atoms with Gasteiger partial charge in [0.2, 0.25) is 5.13 Å². The maximum absolute atomic E-state index is 11.3. The van der Waals surface area contributed by atoms with Gasteiger partial charge in [-0.2, -0.15) is 0 Å². The summed E-state index contributed by atoms with van der Waals surface area (Å²) in [5.74, 6) is 0.0325. The van der Waals surface area contributed by atoms with Crippen molar-refractivity contribution >= 4 is 65.2 Å². The fraction of sp³-hybridized carbons (Fsp3) is 0.217. The smallest absolute Gasteiger partial charge is 0.231 e. The molecule has 7 nitrogen and oxygen atoms in total. The summed E-state index contributed by atoms with van der Waals surface area (Å²) >= 11 is 2.94. The van der Waals surface area contributed by atoms with Crippen molar-refractivity contribution < 1.29 is 4.79 Å². The molecule has 0 bridgehead atoms. The topological polar surface area (TPSA) is 82.6 Å². The number of anilines is 1. The predicted molar refractivity (Wildman–Crippen MR) is 130 cm³/mol. The number of benzene rings is 2. The summed E-state index contributed by atoms with van der Waals surface area (Å²) in [4.78, 5) is 19.2. The third-order valence-electron chi connectivity index (χ3n) is 5.17. The molecule has 0 saturated carbocycles. The van der Waals surface area contributed by atoms with Crippen LogP contribution in [-0.2, 0) is 0 Å². The summed E-state index contributed by atoms with van der Waals surface area (Å²) in [5.41, 5.74) is 3.42. The van der Waals surface area contributed by atoms with Crippen LogP contribution in [0, 0.1) is 0 Å². The van der Waals surface area contributed by atoms with E-state index in [0.29, 0.717) is 16.4 Å². The summed E-state index contributed by atoms with van der Waals surface area (Å²) < 4.78 is 1.01. The van der Waals surface area contributed by atoms with E-state index >= 15 is 0 Å². The second-order valence-corrected chi connectivity index (χ2v) is 9.48. The van der Waals surface area contributed by atoms with E-state index in [1.165, 1.54) is 41.2 Å². The molecule has 1 fully saturated rings. The second-order valence-electron chi connectivity index (χ2n) is 7.46. The van der Waals surface area contributed by atoms with Crippen molar-refractivity contribution in [1.29, 1.82) is 0 Å². The van der Waals surface area contributed by atoms with Crippen LogP contribution in [0.5, 0.6) is 0 Å². The van der Waals surface area contributed by atoms with Crippen LogP contribution >= 0.6 is 22.7 Å². The first-order chi connectivity index (χ1) is 15.6. The molecule has 2 aromatic heterocycles. The van der Waals surface area contributed by atoms with Crippen LogP contribution in [0.1, 0.15) is 30.1 Å². The van der Waals surface area contributed by atoms with Gasteiger partial charge in [-0.05, 0) is 74.4 Å². The third-order valence-corrected chi connectivity index (χ3v) is 7.10. The molecular weight excluding hydrogens is 440 g/mol. The Morgan fingerprint density at radius 3 is 2.19 bits per heavy atom. The number of azo groups is 2. The van der Waals surface area contributed by atoms with E-state index in [9.17, 15) is 4.79 Å². The first-order valence-corrected chi connectivity index (χ1v) is 12.0. The molecule has 0 atom stereocenters. The van der Waals surface area contributed by atoms with Crippen LogP contribution in [0.3, 0.4) is 0 Å². The lowest BCUT2D eigenvalue weighted by Crippen LogP contribution is -2.17. The lowest BCUT2D eigenvalue weighted by molar-refractivity contribution is 0.101. The lowest BCUT2D eigenvalue weighted by atomic mass is 10.1. The molecule has 0 amide bonds. The maximum Gasteiger partial charge on any atom is 0.231 e. The van der Waals surface area contributed by atoms with Gasteiger partial charge in [0.25, 0.3) is 0 Å². The predicted octanol–water partition coefficient (Wildman–Crippen LogP) is 7.99. The fourth-order valence-corrected chi connectivity index (χ4v) is 5.33. The van der Waals surface area contributed by atoms with Crippen molar-refractivity contribution in [1.82, 2.24) is 4.98 Å². The van der Waals surface area contributed by atoms with Crippen LogP contribution < -0.4 is 4.90 Å². The van der Waals surface area contributed by atoms with Crippen molar-refractivity contribution in [3.63, 3.8) is 0 Å². The number of hydrogen-bond acceptors (Lipinski definition) is 9. The zero-order valence-electron chi connectivity index (χ0n) is 17.4. The van der Waals surface area contributed by atoms with Gasteiger partial charge in [0.05, 0.1) is 16.1 Å². The normalized spacial score (nSPS) is 14.3. The second kappa shape index (κ2) is 9.05. The largest absolute Gasteiger partial charge is 0.372 e. The van der Waals surface area contributed by atoms with E-state index in [0.717, 1.165) is 33.3 Å². The van der Waals surface area contributed by atoms with Crippen LogP contribution in [0.4, 0.5) is 27.2 Å². The third kappa shape index (κ3) is 4.63. The number of Topliss-reactive ketones (excluding diaryl/α,β-unsaturated/α-hetero) is 1. The molecule has 0 N–H and O–H groups in total. The van der Waals surface area contributed by atoms with E-state index in [4.69, 9.17) is 0 Å². The molecule has 5 rings (SSSR count). The van der Waals surface area contributed by atoms with Crippen LogP contribution in [-0.4, -0.2) is 23.9 Å². The van der Waals surface area contributed by atoms with Gasteiger partial charge in [-0.1, -0.05) is 22.7 Å². The Hall–Kier alpha value is -3.30. The number of aromatic nitrogens is 1. The van der Waals surface area contributed by atoms with Crippen molar-refractivity contribution in [2.75, 3.05) is 18.0 Å². The SMILES string of the molecule is CC(=O)c1ccc(N=Nc2cc3sc(N=Nc4ccc(N5CCCC5)cc4)nc3s2)cc1. The molecule has 9 heteroatoms. The Bertz CT molecular complexity index is 1270. The van der Waals surface area contributed by atoms with E-state index in [-0.39, 0.29) is 5.78 Å². The van der Waals surface area contributed by atoms with Gasteiger partial charge in [-0.3, -0.25) is 4.79 Å². The number of carbonyl (C=O) groups excluding carboxylic acids is 1. The standard InChI is InChI=1S/C23H20N6OS2/c1-15(30)16-4-6-17(7-5-16)25-27-21-14-20-22(32-21)24-23(31-20)28-26-18-8-10-19(11-9-18)29-12-2-3-13-29/h4-11,14H,2-3,12-13H2,1H3.